The molecule has 1 amide bonds. The van der Waals surface area contributed by atoms with E-state index in [-0.39, 0.29) is 17.9 Å². The molecule has 0 radical (unpaired) electrons. The Morgan fingerprint density at radius 3 is 3.00 bits per heavy atom. The summed E-state index contributed by atoms with van der Waals surface area (Å²) in [7, 11) is 0. The van der Waals surface area contributed by atoms with Crippen molar-refractivity contribution in [2.45, 2.75) is 38.7 Å². The van der Waals surface area contributed by atoms with Gasteiger partial charge < -0.3 is 15.8 Å². The SMILES string of the molecule is CC(CNC(=O)CCC1CCCO1)C(N)=S. The molecule has 2 unspecified atom stereocenters. The Labute approximate surface area is 102 Å². The van der Waals surface area contributed by atoms with Crippen molar-refractivity contribution in [2.75, 3.05) is 13.2 Å². The molecule has 0 aromatic rings. The van der Waals surface area contributed by atoms with Crippen LogP contribution in [0.1, 0.15) is 32.6 Å². The second kappa shape index (κ2) is 6.81. The Hall–Kier alpha value is -0.680. The third kappa shape index (κ3) is 4.90. The van der Waals surface area contributed by atoms with Crippen molar-refractivity contribution >= 4 is 23.1 Å². The van der Waals surface area contributed by atoms with Crippen LogP contribution in [0.5, 0.6) is 0 Å². The zero-order valence-electron chi connectivity index (χ0n) is 9.70. The lowest BCUT2D eigenvalue weighted by molar-refractivity contribution is -0.121. The maximum atomic E-state index is 11.5. The standard InChI is InChI=1S/C11H20N2O2S/c1-8(11(12)16)7-13-10(14)5-4-9-3-2-6-15-9/h8-9H,2-7H2,1H3,(H2,12,16)(H,13,14). The van der Waals surface area contributed by atoms with Crippen LogP contribution in [0.4, 0.5) is 0 Å². The molecule has 1 saturated heterocycles. The number of nitrogens with one attached hydrogen (secondary N) is 1. The summed E-state index contributed by atoms with van der Waals surface area (Å²) in [6, 6.07) is 0. The van der Waals surface area contributed by atoms with E-state index in [9.17, 15) is 4.79 Å². The molecule has 1 aliphatic rings. The van der Waals surface area contributed by atoms with Gasteiger partial charge in [0.2, 0.25) is 5.91 Å². The minimum Gasteiger partial charge on any atom is -0.393 e. The summed E-state index contributed by atoms with van der Waals surface area (Å²) < 4.78 is 5.45. The number of rotatable bonds is 6. The van der Waals surface area contributed by atoms with Crippen molar-refractivity contribution in [3.05, 3.63) is 0 Å². The van der Waals surface area contributed by atoms with Gasteiger partial charge >= 0.3 is 0 Å². The predicted octanol–water partition coefficient (Wildman–Crippen LogP) is 0.984. The molecule has 1 rings (SSSR count). The highest BCUT2D eigenvalue weighted by atomic mass is 32.1. The van der Waals surface area contributed by atoms with Gasteiger partial charge in [0.25, 0.3) is 0 Å². The van der Waals surface area contributed by atoms with Crippen molar-refractivity contribution in [2.24, 2.45) is 11.7 Å². The Balaban J connectivity index is 2.08. The van der Waals surface area contributed by atoms with E-state index in [0.717, 1.165) is 25.9 Å². The number of amides is 1. The van der Waals surface area contributed by atoms with Crippen LogP contribution in [0, 0.1) is 5.92 Å². The van der Waals surface area contributed by atoms with Gasteiger partial charge in [-0.2, -0.15) is 0 Å². The quantitative estimate of drug-likeness (QED) is 0.684. The number of thiocarbonyl (C=S) groups is 1. The van der Waals surface area contributed by atoms with Crippen molar-refractivity contribution in [3.63, 3.8) is 0 Å². The lowest BCUT2D eigenvalue weighted by Gasteiger charge is -2.12. The highest BCUT2D eigenvalue weighted by molar-refractivity contribution is 7.80. The molecule has 0 aromatic heterocycles. The molecule has 0 spiro atoms. The topological polar surface area (TPSA) is 64.3 Å². The summed E-state index contributed by atoms with van der Waals surface area (Å²) in [6.07, 6.45) is 3.81. The Bertz CT molecular complexity index is 252. The summed E-state index contributed by atoms with van der Waals surface area (Å²) in [5.41, 5.74) is 5.46. The molecule has 0 saturated carbocycles. The maximum Gasteiger partial charge on any atom is 0.220 e. The van der Waals surface area contributed by atoms with Gasteiger partial charge in [0.15, 0.2) is 0 Å². The van der Waals surface area contributed by atoms with Gasteiger partial charge in [0, 0.05) is 25.5 Å². The fourth-order valence-electron chi connectivity index (χ4n) is 1.62. The number of carbonyl (C=O) groups excluding carboxylic acids is 1. The smallest absolute Gasteiger partial charge is 0.220 e. The fourth-order valence-corrected chi connectivity index (χ4v) is 1.70. The molecule has 1 fully saturated rings. The first-order valence-corrected chi connectivity index (χ1v) is 6.18. The minimum absolute atomic E-state index is 0.0543. The highest BCUT2D eigenvalue weighted by Crippen LogP contribution is 2.16. The van der Waals surface area contributed by atoms with Crippen molar-refractivity contribution < 1.29 is 9.53 Å². The van der Waals surface area contributed by atoms with E-state index in [4.69, 9.17) is 22.7 Å². The van der Waals surface area contributed by atoms with Crippen molar-refractivity contribution in [1.29, 1.82) is 0 Å². The first-order valence-electron chi connectivity index (χ1n) is 5.77. The van der Waals surface area contributed by atoms with Crippen LogP contribution in [0.15, 0.2) is 0 Å². The molecule has 4 nitrogen and oxygen atoms in total. The summed E-state index contributed by atoms with van der Waals surface area (Å²) in [5.74, 6) is 0.111. The second-order valence-electron chi connectivity index (χ2n) is 4.28. The first-order chi connectivity index (χ1) is 7.59. The van der Waals surface area contributed by atoms with E-state index < -0.39 is 0 Å². The summed E-state index contributed by atoms with van der Waals surface area (Å²) in [6.45, 7) is 3.27. The molecule has 3 N–H and O–H groups in total. The number of carbonyl (C=O) groups is 1. The van der Waals surface area contributed by atoms with Gasteiger partial charge in [0.05, 0.1) is 11.1 Å². The molecule has 92 valence electrons. The van der Waals surface area contributed by atoms with Crippen molar-refractivity contribution in [3.8, 4) is 0 Å². The largest absolute Gasteiger partial charge is 0.393 e. The van der Waals surface area contributed by atoms with E-state index in [1.807, 2.05) is 6.92 Å². The number of nitrogens with two attached hydrogens (primary N) is 1. The zero-order valence-corrected chi connectivity index (χ0v) is 10.5. The molecule has 5 heteroatoms. The number of ether oxygens (including phenoxy) is 1. The molecule has 1 aliphatic heterocycles. The molecule has 1 heterocycles. The lowest BCUT2D eigenvalue weighted by atomic mass is 10.1. The van der Waals surface area contributed by atoms with Crippen LogP contribution in [0.2, 0.25) is 0 Å². The molecule has 0 bridgehead atoms. The van der Waals surface area contributed by atoms with E-state index in [2.05, 4.69) is 5.32 Å². The van der Waals surface area contributed by atoms with Gasteiger partial charge in [-0.3, -0.25) is 4.79 Å². The normalized spacial score (nSPS) is 21.7. The molecule has 16 heavy (non-hydrogen) atoms. The Kier molecular flexibility index (Phi) is 5.69. The predicted molar refractivity (Wildman–Crippen MR) is 67.2 cm³/mol. The van der Waals surface area contributed by atoms with E-state index in [1.165, 1.54) is 0 Å². The van der Waals surface area contributed by atoms with E-state index in [0.29, 0.717) is 18.0 Å². The van der Waals surface area contributed by atoms with Gasteiger partial charge in [-0.05, 0) is 19.3 Å². The summed E-state index contributed by atoms with van der Waals surface area (Å²) in [4.78, 5) is 11.9. The van der Waals surface area contributed by atoms with Crippen LogP contribution < -0.4 is 11.1 Å². The number of hydrogen-bond donors (Lipinski definition) is 2. The molecule has 0 aromatic carbocycles. The molecular formula is C11H20N2O2S. The minimum atomic E-state index is 0.0543. The van der Waals surface area contributed by atoms with Crippen LogP contribution in [-0.2, 0) is 9.53 Å². The van der Waals surface area contributed by atoms with Gasteiger partial charge in [-0.25, -0.2) is 0 Å². The third-order valence-corrected chi connectivity index (χ3v) is 3.21. The molecule has 0 aliphatic carbocycles. The monoisotopic (exact) mass is 244 g/mol. The van der Waals surface area contributed by atoms with Gasteiger partial charge in [-0.1, -0.05) is 19.1 Å². The molecule has 2 atom stereocenters. The average Bonchev–Trinajstić information content (AvgIpc) is 2.75. The third-order valence-electron chi connectivity index (χ3n) is 2.81. The van der Waals surface area contributed by atoms with Crippen molar-refractivity contribution in [1.82, 2.24) is 5.32 Å². The highest BCUT2D eigenvalue weighted by Gasteiger charge is 2.16. The molecular weight excluding hydrogens is 224 g/mol. The average molecular weight is 244 g/mol. The van der Waals surface area contributed by atoms with Crippen LogP contribution in [0.3, 0.4) is 0 Å². The summed E-state index contributed by atoms with van der Waals surface area (Å²) >= 11 is 4.83. The van der Waals surface area contributed by atoms with E-state index >= 15 is 0 Å². The van der Waals surface area contributed by atoms with E-state index in [1.54, 1.807) is 0 Å². The first kappa shape index (κ1) is 13.4. The summed E-state index contributed by atoms with van der Waals surface area (Å²) in [5, 5.41) is 2.83. The zero-order chi connectivity index (χ0) is 12.0. The van der Waals surface area contributed by atoms with Crippen LogP contribution in [0.25, 0.3) is 0 Å². The number of hydrogen-bond acceptors (Lipinski definition) is 3. The maximum absolute atomic E-state index is 11.5. The van der Waals surface area contributed by atoms with Gasteiger partial charge in [-0.15, -0.1) is 0 Å². The lowest BCUT2D eigenvalue weighted by Crippen LogP contribution is -2.33. The second-order valence-corrected chi connectivity index (χ2v) is 4.75. The van der Waals surface area contributed by atoms with Crippen LogP contribution in [-0.4, -0.2) is 30.2 Å². The Morgan fingerprint density at radius 2 is 2.44 bits per heavy atom. The van der Waals surface area contributed by atoms with Crippen LogP contribution >= 0.6 is 12.2 Å². The van der Waals surface area contributed by atoms with Gasteiger partial charge in [0.1, 0.15) is 0 Å². The fraction of sp³-hybridized carbons (Fsp3) is 0.818. The Morgan fingerprint density at radius 1 is 1.69 bits per heavy atom.